The summed E-state index contributed by atoms with van der Waals surface area (Å²) >= 11 is 0. The van der Waals surface area contributed by atoms with E-state index in [1.165, 1.54) is 9.71 Å². The normalized spacial score (nSPS) is 18.1. The Morgan fingerprint density at radius 2 is 1.85 bits per heavy atom. The summed E-state index contributed by atoms with van der Waals surface area (Å²) in [6, 6.07) is 9.54. The third kappa shape index (κ3) is 6.55. The Morgan fingerprint density at radius 1 is 1.19 bits per heavy atom. The van der Waals surface area contributed by atoms with Gasteiger partial charge >= 0.3 is 0 Å². The van der Waals surface area contributed by atoms with Crippen LogP contribution in [0.25, 0.3) is 6.08 Å². The molecule has 2 rings (SSSR count). The molecule has 1 heterocycles. The van der Waals surface area contributed by atoms with Gasteiger partial charge in [0.25, 0.3) is 0 Å². The molecule has 0 aliphatic carbocycles. The average Bonchev–Trinajstić information content (AvgIpc) is 2.61. The van der Waals surface area contributed by atoms with Gasteiger partial charge in [0.2, 0.25) is 15.9 Å². The fourth-order valence-electron chi connectivity index (χ4n) is 2.99. The van der Waals surface area contributed by atoms with Crippen molar-refractivity contribution >= 4 is 22.0 Å². The van der Waals surface area contributed by atoms with Gasteiger partial charge in [-0.1, -0.05) is 43.7 Å². The van der Waals surface area contributed by atoms with Gasteiger partial charge in [-0.25, -0.2) is 8.42 Å². The van der Waals surface area contributed by atoms with Crippen LogP contribution in [0, 0.1) is 0 Å². The maximum Gasteiger partial charge on any atom is 0.236 e. The molecule has 1 unspecified atom stereocenters. The quantitative estimate of drug-likeness (QED) is 0.749. The van der Waals surface area contributed by atoms with Gasteiger partial charge in [0.05, 0.1) is 6.54 Å². The molecule has 1 fully saturated rings. The molecule has 1 aliphatic rings. The third-order valence-corrected chi connectivity index (χ3v) is 5.98. The van der Waals surface area contributed by atoms with E-state index in [1.807, 2.05) is 42.2 Å². The smallest absolute Gasteiger partial charge is 0.236 e. The number of hydrogen-bond acceptors (Lipinski definition) is 4. The zero-order chi connectivity index (χ0) is 19.0. The van der Waals surface area contributed by atoms with Gasteiger partial charge in [-0.3, -0.25) is 9.69 Å². The van der Waals surface area contributed by atoms with Crippen LogP contribution in [0.3, 0.4) is 0 Å². The van der Waals surface area contributed by atoms with E-state index in [0.29, 0.717) is 32.7 Å². The highest BCUT2D eigenvalue weighted by Gasteiger charge is 2.26. The third-order valence-electron chi connectivity index (χ3n) is 4.42. The summed E-state index contributed by atoms with van der Waals surface area (Å²) in [5, 5.41) is 4.25. The van der Waals surface area contributed by atoms with Gasteiger partial charge < -0.3 is 5.32 Å². The van der Waals surface area contributed by atoms with E-state index in [1.54, 1.807) is 6.08 Å². The number of hydrogen-bond donors (Lipinski definition) is 1. The second-order valence-corrected chi connectivity index (χ2v) is 8.51. The lowest BCUT2D eigenvalue weighted by atomic mass is 10.2. The Balaban J connectivity index is 1.81. The van der Waals surface area contributed by atoms with Gasteiger partial charge in [-0.15, -0.1) is 0 Å². The molecule has 1 saturated heterocycles. The highest BCUT2D eigenvalue weighted by molar-refractivity contribution is 7.92. The summed E-state index contributed by atoms with van der Waals surface area (Å²) in [4.78, 5) is 14.0. The van der Waals surface area contributed by atoms with Crippen LogP contribution in [0.2, 0.25) is 0 Å². The summed E-state index contributed by atoms with van der Waals surface area (Å²) in [6.45, 7) is 6.35. The minimum Gasteiger partial charge on any atom is -0.353 e. The van der Waals surface area contributed by atoms with E-state index >= 15 is 0 Å². The Labute approximate surface area is 156 Å². The lowest BCUT2D eigenvalue weighted by Gasteiger charge is -2.33. The topological polar surface area (TPSA) is 69.7 Å². The van der Waals surface area contributed by atoms with Crippen molar-refractivity contribution < 1.29 is 13.2 Å². The van der Waals surface area contributed by atoms with Crippen LogP contribution in [0.1, 0.15) is 32.3 Å². The maximum atomic E-state index is 12.4. The van der Waals surface area contributed by atoms with Gasteiger partial charge in [-0.05, 0) is 25.0 Å². The van der Waals surface area contributed by atoms with Crippen molar-refractivity contribution in [3.63, 3.8) is 0 Å². The lowest BCUT2D eigenvalue weighted by molar-refractivity contribution is -0.123. The number of carbonyl (C=O) groups is 1. The summed E-state index contributed by atoms with van der Waals surface area (Å²) in [6.07, 6.45) is 3.62. The van der Waals surface area contributed by atoms with Crippen molar-refractivity contribution in [2.24, 2.45) is 0 Å². The van der Waals surface area contributed by atoms with Crippen LogP contribution in [0.5, 0.6) is 0 Å². The summed E-state index contributed by atoms with van der Waals surface area (Å²) in [7, 11) is -3.43. The molecule has 0 bridgehead atoms. The number of piperazine rings is 1. The number of carbonyl (C=O) groups excluding carboxylic acids is 1. The molecule has 7 heteroatoms. The summed E-state index contributed by atoms with van der Waals surface area (Å²) in [5.74, 6) is 0.00577. The molecule has 26 heavy (non-hydrogen) atoms. The minimum absolute atomic E-state index is 0.00577. The Kier molecular flexibility index (Phi) is 7.81. The highest BCUT2D eigenvalue weighted by atomic mass is 32.2. The van der Waals surface area contributed by atoms with Crippen LogP contribution in [0.4, 0.5) is 0 Å². The molecule has 6 nitrogen and oxygen atoms in total. The molecule has 1 atom stereocenters. The van der Waals surface area contributed by atoms with E-state index in [9.17, 15) is 13.2 Å². The largest absolute Gasteiger partial charge is 0.353 e. The SMILES string of the molecule is CCCC(C)NC(=O)CN1CCN(S(=O)(=O)/C=C/c2ccccc2)CC1. The van der Waals surface area contributed by atoms with Crippen molar-refractivity contribution in [3.05, 3.63) is 41.3 Å². The van der Waals surface area contributed by atoms with Gasteiger partial charge in [0.15, 0.2) is 0 Å². The molecule has 1 aromatic carbocycles. The van der Waals surface area contributed by atoms with Gasteiger partial charge in [0, 0.05) is 37.6 Å². The van der Waals surface area contributed by atoms with Crippen LogP contribution in [-0.4, -0.2) is 62.3 Å². The van der Waals surface area contributed by atoms with Crippen LogP contribution in [-0.2, 0) is 14.8 Å². The zero-order valence-corrected chi connectivity index (χ0v) is 16.4. The number of sulfonamides is 1. The monoisotopic (exact) mass is 379 g/mol. The number of benzene rings is 1. The maximum absolute atomic E-state index is 12.4. The molecular weight excluding hydrogens is 350 g/mol. The first-order chi connectivity index (χ1) is 12.4. The van der Waals surface area contributed by atoms with E-state index in [-0.39, 0.29) is 11.9 Å². The Morgan fingerprint density at radius 3 is 2.46 bits per heavy atom. The highest BCUT2D eigenvalue weighted by Crippen LogP contribution is 2.11. The van der Waals surface area contributed by atoms with Crippen LogP contribution >= 0.6 is 0 Å². The van der Waals surface area contributed by atoms with Crippen molar-refractivity contribution in [2.45, 2.75) is 32.7 Å². The van der Waals surface area contributed by atoms with Crippen molar-refractivity contribution in [1.82, 2.24) is 14.5 Å². The lowest BCUT2D eigenvalue weighted by Crippen LogP contribution is -2.51. The van der Waals surface area contributed by atoms with Crippen molar-refractivity contribution in [3.8, 4) is 0 Å². The predicted octanol–water partition coefficient (Wildman–Crippen LogP) is 1.91. The zero-order valence-electron chi connectivity index (χ0n) is 15.6. The molecule has 1 aromatic rings. The predicted molar refractivity (Wildman–Crippen MR) is 105 cm³/mol. The second kappa shape index (κ2) is 9.85. The molecule has 0 aromatic heterocycles. The van der Waals surface area contributed by atoms with Crippen molar-refractivity contribution in [1.29, 1.82) is 0 Å². The molecule has 1 amide bonds. The molecular formula is C19H29N3O3S. The second-order valence-electron chi connectivity index (χ2n) is 6.69. The molecule has 1 aliphatic heterocycles. The minimum atomic E-state index is -3.43. The molecule has 0 spiro atoms. The molecule has 1 N–H and O–H groups in total. The first kappa shape index (κ1) is 20.6. The van der Waals surface area contributed by atoms with Crippen molar-refractivity contribution in [2.75, 3.05) is 32.7 Å². The Hall–Kier alpha value is -1.70. The van der Waals surface area contributed by atoms with E-state index in [2.05, 4.69) is 12.2 Å². The fraction of sp³-hybridized carbons (Fsp3) is 0.526. The summed E-state index contributed by atoms with van der Waals surface area (Å²) in [5.41, 5.74) is 0.854. The van der Waals surface area contributed by atoms with Gasteiger partial charge in [-0.2, -0.15) is 4.31 Å². The average molecular weight is 380 g/mol. The fourth-order valence-corrected chi connectivity index (χ4v) is 4.16. The van der Waals surface area contributed by atoms with E-state index < -0.39 is 10.0 Å². The number of nitrogens with zero attached hydrogens (tertiary/aromatic N) is 2. The first-order valence-corrected chi connectivity index (χ1v) is 10.7. The number of nitrogens with one attached hydrogen (secondary N) is 1. The molecule has 0 radical (unpaired) electrons. The number of amides is 1. The van der Waals surface area contributed by atoms with Crippen LogP contribution < -0.4 is 5.32 Å². The standard InChI is InChI=1S/C19H29N3O3S/c1-3-7-17(2)20-19(23)16-21-11-13-22(14-12-21)26(24,25)15-10-18-8-5-4-6-9-18/h4-6,8-10,15,17H,3,7,11-14,16H2,1-2H3,(H,20,23)/b15-10+. The summed E-state index contributed by atoms with van der Waals surface area (Å²) < 4.78 is 26.4. The molecule has 144 valence electrons. The van der Waals surface area contributed by atoms with Crippen LogP contribution in [0.15, 0.2) is 35.7 Å². The van der Waals surface area contributed by atoms with E-state index in [0.717, 1.165) is 18.4 Å². The van der Waals surface area contributed by atoms with Gasteiger partial charge in [0.1, 0.15) is 0 Å². The first-order valence-electron chi connectivity index (χ1n) is 9.15. The molecule has 0 saturated carbocycles. The Bertz CT molecular complexity index is 696. The van der Waals surface area contributed by atoms with E-state index in [4.69, 9.17) is 0 Å². The number of rotatable bonds is 8.